The van der Waals surface area contributed by atoms with E-state index in [1.54, 1.807) is 0 Å². The molecule has 0 aliphatic heterocycles. The van der Waals surface area contributed by atoms with Gasteiger partial charge in [0.25, 0.3) is 0 Å². The first-order chi connectivity index (χ1) is 6.22. The smallest absolute Gasteiger partial charge is 0.150 e. The average molecular weight is 233 g/mol. The molecule has 3 heteroatoms. The second-order valence-electron chi connectivity index (χ2n) is 3.10. The van der Waals surface area contributed by atoms with Gasteiger partial charge in [0.15, 0.2) is 0 Å². The molecule has 0 aliphatic carbocycles. The highest BCUT2D eigenvalue weighted by Gasteiger charge is 2.02. The van der Waals surface area contributed by atoms with Gasteiger partial charge in [-0.25, -0.2) is 0 Å². The molecule has 0 unspecified atom stereocenters. The third-order valence-corrected chi connectivity index (χ3v) is 4.12. The number of benzene rings is 1. The van der Waals surface area contributed by atoms with Crippen molar-refractivity contribution in [2.45, 2.75) is 25.8 Å². The fourth-order valence-electron chi connectivity index (χ4n) is 1.22. The standard InChI is InChI=1S/C10H14Cl2Si/c1-2-9-3-5-10(6-4-9)7-8-13(11)12/h3-6,13H,2,7-8H2,1H3. The molecule has 0 aromatic heterocycles. The summed E-state index contributed by atoms with van der Waals surface area (Å²) in [5, 5.41) is 0. The van der Waals surface area contributed by atoms with Crippen molar-refractivity contribution in [2.24, 2.45) is 0 Å². The van der Waals surface area contributed by atoms with Gasteiger partial charge in [-0.3, -0.25) is 0 Å². The highest BCUT2D eigenvalue weighted by Crippen LogP contribution is 2.11. The minimum atomic E-state index is -1.42. The molecule has 0 saturated heterocycles. The van der Waals surface area contributed by atoms with E-state index >= 15 is 0 Å². The van der Waals surface area contributed by atoms with Gasteiger partial charge in [-0.15, -0.1) is 0 Å². The molecule has 72 valence electrons. The summed E-state index contributed by atoms with van der Waals surface area (Å²) in [6.45, 7) is 2.16. The fraction of sp³-hybridized carbons (Fsp3) is 0.400. The number of hydrogen-bond donors (Lipinski definition) is 0. The largest absolute Gasteiger partial charge is 0.237 e. The van der Waals surface area contributed by atoms with Crippen molar-refractivity contribution in [3.63, 3.8) is 0 Å². The topological polar surface area (TPSA) is 0 Å². The molecule has 0 fully saturated rings. The monoisotopic (exact) mass is 232 g/mol. The van der Waals surface area contributed by atoms with E-state index in [0.29, 0.717) is 0 Å². The van der Waals surface area contributed by atoms with E-state index < -0.39 is 7.42 Å². The third-order valence-electron chi connectivity index (χ3n) is 2.08. The molecular formula is C10H14Cl2Si. The van der Waals surface area contributed by atoms with E-state index in [1.807, 2.05) is 0 Å². The molecule has 0 spiro atoms. The second kappa shape index (κ2) is 5.69. The molecule has 0 bridgehead atoms. The Kier molecular flexibility index (Phi) is 4.85. The van der Waals surface area contributed by atoms with Crippen molar-refractivity contribution < 1.29 is 0 Å². The zero-order chi connectivity index (χ0) is 9.68. The summed E-state index contributed by atoms with van der Waals surface area (Å²) < 4.78 is 0. The lowest BCUT2D eigenvalue weighted by atomic mass is 10.1. The molecular weight excluding hydrogens is 219 g/mol. The van der Waals surface area contributed by atoms with Crippen LogP contribution in [-0.4, -0.2) is 7.42 Å². The molecule has 1 aromatic rings. The van der Waals surface area contributed by atoms with Crippen molar-refractivity contribution >= 4 is 29.6 Å². The zero-order valence-corrected chi connectivity index (χ0v) is 10.4. The van der Waals surface area contributed by atoms with Gasteiger partial charge in [0.2, 0.25) is 7.42 Å². The van der Waals surface area contributed by atoms with Gasteiger partial charge in [-0.2, -0.15) is 22.2 Å². The van der Waals surface area contributed by atoms with Crippen molar-refractivity contribution in [1.82, 2.24) is 0 Å². The van der Waals surface area contributed by atoms with Crippen LogP contribution in [0.5, 0.6) is 0 Å². The quantitative estimate of drug-likeness (QED) is 0.551. The molecule has 0 atom stereocenters. The molecule has 0 aliphatic rings. The molecule has 1 aromatic carbocycles. The minimum Gasteiger partial charge on any atom is -0.150 e. The highest BCUT2D eigenvalue weighted by molar-refractivity contribution is 7.33. The Morgan fingerprint density at radius 2 is 1.62 bits per heavy atom. The predicted molar refractivity (Wildman–Crippen MR) is 63.2 cm³/mol. The molecule has 0 heterocycles. The summed E-state index contributed by atoms with van der Waals surface area (Å²) in [5.41, 5.74) is 2.73. The second-order valence-corrected chi connectivity index (χ2v) is 8.29. The van der Waals surface area contributed by atoms with Crippen LogP contribution in [0.1, 0.15) is 18.1 Å². The van der Waals surface area contributed by atoms with Crippen LogP contribution in [0.3, 0.4) is 0 Å². The number of rotatable bonds is 4. The van der Waals surface area contributed by atoms with Crippen LogP contribution in [0, 0.1) is 0 Å². The zero-order valence-electron chi connectivity index (χ0n) is 7.76. The maximum atomic E-state index is 5.79. The summed E-state index contributed by atoms with van der Waals surface area (Å²) in [6, 6.07) is 9.66. The molecule has 0 N–H and O–H groups in total. The predicted octanol–water partition coefficient (Wildman–Crippen LogP) is 3.49. The highest BCUT2D eigenvalue weighted by atomic mass is 35.7. The Bertz CT molecular complexity index is 244. The maximum absolute atomic E-state index is 5.79. The summed E-state index contributed by atoms with van der Waals surface area (Å²) >= 11 is 11.6. The van der Waals surface area contributed by atoms with Gasteiger partial charge in [0, 0.05) is 0 Å². The number of hydrogen-bond acceptors (Lipinski definition) is 0. The van der Waals surface area contributed by atoms with E-state index in [4.69, 9.17) is 22.2 Å². The van der Waals surface area contributed by atoms with Crippen LogP contribution in [0.2, 0.25) is 6.04 Å². The lowest BCUT2D eigenvalue weighted by molar-refractivity contribution is 1.09. The van der Waals surface area contributed by atoms with Crippen LogP contribution in [-0.2, 0) is 12.8 Å². The maximum Gasteiger partial charge on any atom is 0.237 e. The van der Waals surface area contributed by atoms with Gasteiger partial charge in [-0.1, -0.05) is 31.2 Å². The van der Waals surface area contributed by atoms with E-state index in [0.717, 1.165) is 18.9 Å². The molecule has 0 radical (unpaired) electrons. The normalized spacial score (nSPS) is 10.8. The molecule has 0 amide bonds. The van der Waals surface area contributed by atoms with E-state index in [9.17, 15) is 0 Å². The van der Waals surface area contributed by atoms with Gasteiger partial charge in [-0.05, 0) is 30.0 Å². The Labute approximate surface area is 90.9 Å². The first-order valence-electron chi connectivity index (χ1n) is 4.58. The molecule has 0 nitrogen and oxygen atoms in total. The average Bonchev–Trinajstić information content (AvgIpc) is 2.15. The van der Waals surface area contributed by atoms with Gasteiger partial charge >= 0.3 is 0 Å². The SMILES string of the molecule is CCc1ccc(CC[SiH](Cl)Cl)cc1. The number of halogens is 2. The third kappa shape index (κ3) is 4.16. The molecule has 1 rings (SSSR count). The van der Waals surface area contributed by atoms with Gasteiger partial charge in [0.05, 0.1) is 0 Å². The van der Waals surface area contributed by atoms with E-state index in [-0.39, 0.29) is 0 Å². The van der Waals surface area contributed by atoms with E-state index in [1.165, 1.54) is 11.1 Å². The summed E-state index contributed by atoms with van der Waals surface area (Å²) in [7, 11) is -1.42. The Morgan fingerprint density at radius 3 is 2.08 bits per heavy atom. The van der Waals surface area contributed by atoms with Crippen LogP contribution >= 0.6 is 22.2 Å². The van der Waals surface area contributed by atoms with Crippen LogP contribution < -0.4 is 0 Å². The fourth-order valence-corrected chi connectivity index (χ4v) is 2.42. The van der Waals surface area contributed by atoms with Gasteiger partial charge in [0.1, 0.15) is 0 Å². The summed E-state index contributed by atoms with van der Waals surface area (Å²) in [6.07, 6.45) is 2.12. The number of aryl methyl sites for hydroxylation is 2. The molecule has 13 heavy (non-hydrogen) atoms. The van der Waals surface area contributed by atoms with Gasteiger partial charge < -0.3 is 0 Å². The van der Waals surface area contributed by atoms with Crippen LogP contribution in [0.15, 0.2) is 24.3 Å². The first-order valence-corrected chi connectivity index (χ1v) is 8.89. The van der Waals surface area contributed by atoms with E-state index in [2.05, 4.69) is 31.2 Å². The van der Waals surface area contributed by atoms with Crippen molar-refractivity contribution in [2.75, 3.05) is 0 Å². The summed E-state index contributed by atoms with van der Waals surface area (Å²) in [5.74, 6) is 0. The Balaban J connectivity index is 2.49. The minimum absolute atomic E-state index is 0.967. The van der Waals surface area contributed by atoms with Crippen molar-refractivity contribution in [1.29, 1.82) is 0 Å². The van der Waals surface area contributed by atoms with Crippen molar-refractivity contribution in [3.8, 4) is 0 Å². The van der Waals surface area contributed by atoms with Crippen LogP contribution in [0.25, 0.3) is 0 Å². The van der Waals surface area contributed by atoms with Crippen molar-refractivity contribution in [3.05, 3.63) is 35.4 Å². The molecule has 0 saturated carbocycles. The first kappa shape index (κ1) is 11.1. The van der Waals surface area contributed by atoms with Crippen LogP contribution in [0.4, 0.5) is 0 Å². The Hall–Kier alpha value is 0.0169. The lowest BCUT2D eigenvalue weighted by Crippen LogP contribution is -1.95. The Morgan fingerprint density at radius 1 is 1.08 bits per heavy atom. The lowest BCUT2D eigenvalue weighted by Gasteiger charge is -2.02. The summed E-state index contributed by atoms with van der Waals surface area (Å²) in [4.78, 5) is 0.